The summed E-state index contributed by atoms with van der Waals surface area (Å²) < 4.78 is 14.0. The number of benzene rings is 2. The van der Waals surface area contributed by atoms with Crippen LogP contribution in [-0.2, 0) is 19.6 Å². The van der Waals surface area contributed by atoms with Crippen molar-refractivity contribution in [3.63, 3.8) is 0 Å². The molecule has 2 N–H and O–H groups in total. The van der Waals surface area contributed by atoms with E-state index in [4.69, 9.17) is 0 Å². The molecule has 0 bridgehead atoms. The van der Waals surface area contributed by atoms with Gasteiger partial charge in [0.1, 0.15) is 5.82 Å². The van der Waals surface area contributed by atoms with E-state index in [0.717, 1.165) is 34.5 Å². The van der Waals surface area contributed by atoms with Crippen LogP contribution in [0.15, 0.2) is 59.7 Å². The fourth-order valence-corrected chi connectivity index (χ4v) is 3.19. The Morgan fingerprint density at radius 1 is 1.07 bits per heavy atom. The molecule has 0 aliphatic heterocycles. The lowest BCUT2D eigenvalue weighted by Crippen LogP contribution is -2.36. The second-order valence-electron chi connectivity index (χ2n) is 7.20. The van der Waals surface area contributed by atoms with Crippen molar-refractivity contribution in [3.05, 3.63) is 77.2 Å². The summed E-state index contributed by atoms with van der Waals surface area (Å²) in [6.45, 7) is 4.48. The lowest BCUT2D eigenvalue weighted by molar-refractivity contribution is 0.392. The number of para-hydroxylation sites is 1. The van der Waals surface area contributed by atoms with Crippen molar-refractivity contribution < 1.29 is 4.39 Å². The van der Waals surface area contributed by atoms with E-state index in [0.29, 0.717) is 25.2 Å². The van der Waals surface area contributed by atoms with Crippen LogP contribution in [0.5, 0.6) is 0 Å². The Labute approximate surface area is 194 Å². The van der Waals surface area contributed by atoms with Crippen molar-refractivity contribution in [2.24, 2.45) is 4.99 Å². The molecule has 0 aliphatic carbocycles. The number of rotatable bonds is 7. The van der Waals surface area contributed by atoms with Gasteiger partial charge in [-0.15, -0.1) is 24.0 Å². The summed E-state index contributed by atoms with van der Waals surface area (Å²) >= 11 is 0. The summed E-state index contributed by atoms with van der Waals surface area (Å²) in [5.41, 5.74) is 3.81. The normalized spacial score (nSPS) is 11.4. The Kier molecular flexibility index (Phi) is 9.45. The van der Waals surface area contributed by atoms with Gasteiger partial charge in [0, 0.05) is 36.8 Å². The van der Waals surface area contributed by atoms with Crippen molar-refractivity contribution in [2.45, 2.75) is 26.6 Å². The van der Waals surface area contributed by atoms with Crippen LogP contribution in [0.4, 0.5) is 4.39 Å². The summed E-state index contributed by atoms with van der Waals surface area (Å²) in [5.74, 6) is 0.549. The standard InChI is InChI=1S/C23H28FN5.HI/c1-4-25-23(27-14-17-9-10-21(24)19(13-17)16-29(2)3)28-15-18-11-12-26-22-8-6-5-7-20(18)22;/h5-13H,4,14-16H2,1-3H3,(H2,25,27,28);1H. The number of pyridine rings is 1. The minimum atomic E-state index is -0.180. The smallest absolute Gasteiger partial charge is 0.191 e. The van der Waals surface area contributed by atoms with E-state index < -0.39 is 0 Å². The zero-order valence-electron chi connectivity index (χ0n) is 17.7. The van der Waals surface area contributed by atoms with Crippen molar-refractivity contribution in [1.82, 2.24) is 20.5 Å². The molecule has 160 valence electrons. The molecule has 1 heterocycles. The van der Waals surface area contributed by atoms with E-state index in [9.17, 15) is 4.39 Å². The first-order valence-electron chi connectivity index (χ1n) is 9.83. The Bertz CT molecular complexity index is 985. The van der Waals surface area contributed by atoms with E-state index in [1.54, 1.807) is 6.07 Å². The average Bonchev–Trinajstić information content (AvgIpc) is 2.72. The molecule has 7 heteroatoms. The molecule has 0 amide bonds. The number of guanidine groups is 1. The number of fused-ring (bicyclic) bond motifs is 1. The maximum atomic E-state index is 14.0. The largest absolute Gasteiger partial charge is 0.357 e. The summed E-state index contributed by atoms with van der Waals surface area (Å²) in [7, 11) is 3.86. The first kappa shape index (κ1) is 24.0. The fraction of sp³-hybridized carbons (Fsp3) is 0.304. The summed E-state index contributed by atoms with van der Waals surface area (Å²) in [4.78, 5) is 11.0. The van der Waals surface area contributed by atoms with Crippen LogP contribution in [0.1, 0.15) is 23.6 Å². The molecule has 3 aromatic rings. The van der Waals surface area contributed by atoms with Gasteiger partial charge in [-0.05, 0) is 56.4 Å². The van der Waals surface area contributed by atoms with Gasteiger partial charge in [-0.2, -0.15) is 0 Å². The van der Waals surface area contributed by atoms with Crippen LogP contribution in [0.3, 0.4) is 0 Å². The van der Waals surface area contributed by atoms with Gasteiger partial charge in [0.25, 0.3) is 0 Å². The molecule has 2 aromatic carbocycles. The summed E-state index contributed by atoms with van der Waals surface area (Å²) in [5, 5.41) is 7.79. The van der Waals surface area contributed by atoms with Gasteiger partial charge in [0.05, 0.1) is 12.1 Å². The van der Waals surface area contributed by atoms with Crippen LogP contribution >= 0.6 is 24.0 Å². The third-order valence-corrected chi connectivity index (χ3v) is 4.55. The number of halogens is 2. The topological polar surface area (TPSA) is 52.6 Å². The summed E-state index contributed by atoms with van der Waals surface area (Å²) in [6.07, 6.45) is 1.83. The maximum Gasteiger partial charge on any atom is 0.191 e. The molecular formula is C23H29FIN5. The molecule has 5 nitrogen and oxygen atoms in total. The lowest BCUT2D eigenvalue weighted by atomic mass is 10.1. The first-order chi connectivity index (χ1) is 14.1. The minimum Gasteiger partial charge on any atom is -0.357 e. The molecule has 30 heavy (non-hydrogen) atoms. The molecule has 0 radical (unpaired) electrons. The van der Waals surface area contributed by atoms with E-state index >= 15 is 0 Å². The number of hydrogen-bond donors (Lipinski definition) is 2. The van der Waals surface area contributed by atoms with Crippen LogP contribution in [-0.4, -0.2) is 36.5 Å². The highest BCUT2D eigenvalue weighted by Crippen LogP contribution is 2.16. The third kappa shape index (κ3) is 6.63. The fourth-order valence-electron chi connectivity index (χ4n) is 3.19. The molecule has 0 saturated heterocycles. The molecule has 0 aliphatic rings. The minimum absolute atomic E-state index is 0. The monoisotopic (exact) mass is 521 g/mol. The Morgan fingerprint density at radius 2 is 1.87 bits per heavy atom. The lowest BCUT2D eigenvalue weighted by Gasteiger charge is -2.14. The van der Waals surface area contributed by atoms with E-state index in [-0.39, 0.29) is 29.8 Å². The molecular weight excluding hydrogens is 492 g/mol. The Hall–Kier alpha value is -2.26. The van der Waals surface area contributed by atoms with Crippen LogP contribution in [0, 0.1) is 5.82 Å². The zero-order valence-corrected chi connectivity index (χ0v) is 20.0. The molecule has 0 unspecified atom stereocenters. The van der Waals surface area contributed by atoms with Gasteiger partial charge < -0.3 is 15.5 Å². The molecule has 0 fully saturated rings. The predicted octanol–water partition coefficient (Wildman–Crippen LogP) is 4.31. The zero-order chi connectivity index (χ0) is 20.6. The number of aromatic nitrogens is 1. The molecule has 0 atom stereocenters. The van der Waals surface area contributed by atoms with E-state index in [1.807, 2.05) is 62.4 Å². The van der Waals surface area contributed by atoms with Crippen LogP contribution in [0.2, 0.25) is 0 Å². The molecule has 0 spiro atoms. The predicted molar refractivity (Wildman–Crippen MR) is 133 cm³/mol. The highest BCUT2D eigenvalue weighted by Gasteiger charge is 2.06. The second-order valence-corrected chi connectivity index (χ2v) is 7.20. The van der Waals surface area contributed by atoms with Crippen LogP contribution < -0.4 is 10.6 Å². The van der Waals surface area contributed by atoms with Gasteiger partial charge in [0.15, 0.2) is 5.96 Å². The third-order valence-electron chi connectivity index (χ3n) is 4.55. The second kappa shape index (κ2) is 11.8. The van der Waals surface area contributed by atoms with E-state index in [2.05, 4.69) is 26.7 Å². The number of aliphatic imine (C=N–C) groups is 1. The van der Waals surface area contributed by atoms with Gasteiger partial charge in [-0.3, -0.25) is 4.98 Å². The molecule has 1 aromatic heterocycles. The van der Waals surface area contributed by atoms with Crippen molar-refractivity contribution in [2.75, 3.05) is 20.6 Å². The number of nitrogens with one attached hydrogen (secondary N) is 2. The van der Waals surface area contributed by atoms with Gasteiger partial charge in [-0.25, -0.2) is 9.38 Å². The SMILES string of the molecule is CCNC(=NCc1ccc(F)c(CN(C)C)c1)NCc1ccnc2ccccc12.I. The van der Waals surface area contributed by atoms with Crippen molar-refractivity contribution in [3.8, 4) is 0 Å². The Morgan fingerprint density at radius 3 is 2.63 bits per heavy atom. The van der Waals surface area contributed by atoms with Crippen molar-refractivity contribution >= 4 is 40.8 Å². The number of hydrogen-bond acceptors (Lipinski definition) is 3. The van der Waals surface area contributed by atoms with Gasteiger partial charge in [0.2, 0.25) is 0 Å². The van der Waals surface area contributed by atoms with Gasteiger partial charge in [-0.1, -0.05) is 24.3 Å². The Balaban J connectivity index is 0.00000320. The quantitative estimate of drug-likeness (QED) is 0.277. The van der Waals surface area contributed by atoms with Gasteiger partial charge >= 0.3 is 0 Å². The maximum absolute atomic E-state index is 14.0. The summed E-state index contributed by atoms with van der Waals surface area (Å²) in [6, 6.07) is 15.3. The highest BCUT2D eigenvalue weighted by atomic mass is 127. The number of nitrogens with zero attached hydrogens (tertiary/aromatic N) is 3. The molecule has 0 saturated carbocycles. The van der Waals surface area contributed by atoms with Crippen molar-refractivity contribution in [1.29, 1.82) is 0 Å². The highest BCUT2D eigenvalue weighted by molar-refractivity contribution is 14.0. The first-order valence-corrected chi connectivity index (χ1v) is 9.83. The van der Waals surface area contributed by atoms with Crippen LogP contribution in [0.25, 0.3) is 10.9 Å². The molecule has 3 rings (SSSR count). The average molecular weight is 521 g/mol. The van der Waals surface area contributed by atoms with E-state index in [1.165, 1.54) is 6.07 Å².